The van der Waals surface area contributed by atoms with Crippen molar-refractivity contribution in [2.45, 2.75) is 76.3 Å². The lowest BCUT2D eigenvalue weighted by atomic mass is 9.57. The molecule has 4 heteroatoms. The normalized spacial score (nSPS) is 36.3. The summed E-state index contributed by atoms with van der Waals surface area (Å²) in [6.45, 7) is 3.47. The highest BCUT2D eigenvalue weighted by molar-refractivity contribution is 5.21. The van der Waals surface area contributed by atoms with Crippen LogP contribution in [0.5, 0.6) is 0 Å². The average Bonchev–Trinajstić information content (AvgIpc) is 3.07. The van der Waals surface area contributed by atoms with Gasteiger partial charge < -0.3 is 14.9 Å². The minimum Gasteiger partial charge on any atom is -0.396 e. The molecule has 22 heavy (non-hydrogen) atoms. The van der Waals surface area contributed by atoms with Crippen LogP contribution in [0.15, 0.2) is 10.6 Å². The maximum atomic E-state index is 9.25. The maximum absolute atomic E-state index is 9.25. The van der Waals surface area contributed by atoms with E-state index in [9.17, 15) is 5.11 Å². The van der Waals surface area contributed by atoms with Gasteiger partial charge in [-0.05, 0) is 62.7 Å². The van der Waals surface area contributed by atoms with Crippen molar-refractivity contribution in [3.8, 4) is 0 Å². The van der Waals surface area contributed by atoms with Gasteiger partial charge in [-0.1, -0.05) is 12.1 Å². The number of hydrogen-bond acceptors (Lipinski definition) is 4. The first-order valence-electron chi connectivity index (χ1n) is 8.91. The van der Waals surface area contributed by atoms with Gasteiger partial charge in [-0.3, -0.25) is 0 Å². The van der Waals surface area contributed by atoms with E-state index in [2.05, 4.69) is 23.5 Å². The van der Waals surface area contributed by atoms with E-state index in [0.29, 0.717) is 24.0 Å². The predicted molar refractivity (Wildman–Crippen MR) is 84.4 cm³/mol. The van der Waals surface area contributed by atoms with Crippen LogP contribution in [0.4, 0.5) is 0 Å². The third-order valence-electron chi connectivity index (χ3n) is 6.51. The monoisotopic (exact) mass is 304 g/mol. The number of aliphatic hydroxyl groups is 1. The van der Waals surface area contributed by atoms with Crippen LogP contribution in [0.3, 0.4) is 0 Å². The van der Waals surface area contributed by atoms with Crippen molar-refractivity contribution >= 4 is 0 Å². The molecule has 1 aromatic heterocycles. The van der Waals surface area contributed by atoms with Gasteiger partial charge in [0.1, 0.15) is 5.76 Å². The molecule has 3 fully saturated rings. The Balaban J connectivity index is 1.22. The molecule has 0 radical (unpaired) electrons. The molecule has 0 unspecified atom stereocenters. The van der Waals surface area contributed by atoms with Crippen molar-refractivity contribution < 1.29 is 9.63 Å². The van der Waals surface area contributed by atoms with Crippen LogP contribution in [0, 0.1) is 11.3 Å². The summed E-state index contributed by atoms with van der Waals surface area (Å²) < 4.78 is 5.50. The fourth-order valence-electron chi connectivity index (χ4n) is 4.37. The standard InChI is InChI=1S/C18H28N2O2/c1-17(6-7-17)16-8-14(20-22-16)11-19-15-9-18(10-15)4-2-13(12-21)3-5-18/h8,13,15,19,21H,2-7,9-12H2,1H3. The van der Waals surface area contributed by atoms with E-state index in [-0.39, 0.29) is 5.41 Å². The molecular formula is C18H28N2O2. The van der Waals surface area contributed by atoms with E-state index in [4.69, 9.17) is 4.52 Å². The topological polar surface area (TPSA) is 58.3 Å². The van der Waals surface area contributed by atoms with Crippen molar-refractivity contribution in [3.05, 3.63) is 17.5 Å². The van der Waals surface area contributed by atoms with Crippen LogP contribution in [0.25, 0.3) is 0 Å². The molecule has 1 heterocycles. The zero-order chi connectivity index (χ0) is 15.2. The summed E-state index contributed by atoms with van der Waals surface area (Å²) in [5.74, 6) is 1.63. The Hall–Kier alpha value is -0.870. The minimum atomic E-state index is 0.275. The quantitative estimate of drug-likeness (QED) is 0.877. The molecule has 3 saturated carbocycles. The Morgan fingerprint density at radius 3 is 2.64 bits per heavy atom. The summed E-state index contributed by atoms with van der Waals surface area (Å²) in [7, 11) is 0. The Bertz CT molecular complexity index is 519. The van der Waals surface area contributed by atoms with Gasteiger partial charge in [0.15, 0.2) is 0 Å². The van der Waals surface area contributed by atoms with Crippen LogP contribution in [-0.4, -0.2) is 22.9 Å². The van der Waals surface area contributed by atoms with E-state index in [1.165, 1.54) is 51.4 Å². The first kappa shape index (κ1) is 14.7. The summed E-state index contributed by atoms with van der Waals surface area (Å²) in [5.41, 5.74) is 1.91. The summed E-state index contributed by atoms with van der Waals surface area (Å²) in [4.78, 5) is 0. The summed E-state index contributed by atoms with van der Waals surface area (Å²) in [6.07, 6.45) is 10.1. The second-order valence-electron chi connectivity index (χ2n) is 8.36. The predicted octanol–water partition coefficient (Wildman–Crippen LogP) is 3.15. The van der Waals surface area contributed by atoms with Crippen LogP contribution in [-0.2, 0) is 12.0 Å². The highest BCUT2D eigenvalue weighted by Gasteiger charge is 2.46. The molecule has 4 nitrogen and oxygen atoms in total. The Morgan fingerprint density at radius 2 is 2.00 bits per heavy atom. The molecule has 0 atom stereocenters. The molecule has 0 saturated heterocycles. The first-order valence-corrected chi connectivity index (χ1v) is 8.91. The Morgan fingerprint density at radius 1 is 1.27 bits per heavy atom. The minimum absolute atomic E-state index is 0.275. The summed E-state index contributed by atoms with van der Waals surface area (Å²) in [6, 6.07) is 2.78. The van der Waals surface area contributed by atoms with Crippen molar-refractivity contribution in [2.75, 3.05) is 6.61 Å². The third kappa shape index (κ3) is 2.71. The lowest BCUT2D eigenvalue weighted by molar-refractivity contribution is 0.0110. The summed E-state index contributed by atoms with van der Waals surface area (Å²) >= 11 is 0. The lowest BCUT2D eigenvalue weighted by Gasteiger charge is -2.51. The first-order chi connectivity index (χ1) is 10.6. The second kappa shape index (κ2) is 5.34. The van der Waals surface area contributed by atoms with E-state index >= 15 is 0 Å². The molecule has 0 amide bonds. The molecule has 0 aromatic carbocycles. The van der Waals surface area contributed by atoms with E-state index in [1.807, 2.05) is 0 Å². The SMILES string of the molecule is CC1(c2cc(CNC3CC4(CCC(CO)CC4)C3)no2)CC1. The smallest absolute Gasteiger partial charge is 0.142 e. The van der Waals surface area contributed by atoms with Crippen molar-refractivity contribution in [1.29, 1.82) is 0 Å². The van der Waals surface area contributed by atoms with Crippen LogP contribution in [0.1, 0.15) is 69.7 Å². The van der Waals surface area contributed by atoms with Crippen LogP contribution in [0.2, 0.25) is 0 Å². The zero-order valence-electron chi connectivity index (χ0n) is 13.6. The van der Waals surface area contributed by atoms with Crippen molar-refractivity contribution in [1.82, 2.24) is 10.5 Å². The molecule has 0 aliphatic heterocycles. The molecule has 1 aromatic rings. The summed E-state index contributed by atoms with van der Waals surface area (Å²) in [5, 5.41) is 17.1. The van der Waals surface area contributed by atoms with Gasteiger partial charge in [-0.25, -0.2) is 0 Å². The van der Waals surface area contributed by atoms with E-state index < -0.39 is 0 Å². The van der Waals surface area contributed by atoms with Gasteiger partial charge >= 0.3 is 0 Å². The highest BCUT2D eigenvalue weighted by atomic mass is 16.5. The molecule has 3 aliphatic rings. The van der Waals surface area contributed by atoms with Crippen LogP contribution < -0.4 is 5.32 Å². The highest BCUT2D eigenvalue weighted by Crippen LogP contribution is 2.53. The van der Waals surface area contributed by atoms with E-state index in [0.717, 1.165) is 18.0 Å². The number of nitrogens with one attached hydrogen (secondary N) is 1. The molecule has 0 bridgehead atoms. The number of aromatic nitrogens is 1. The molecule has 122 valence electrons. The zero-order valence-corrected chi connectivity index (χ0v) is 13.6. The molecule has 1 spiro atoms. The average molecular weight is 304 g/mol. The molecule has 4 rings (SSSR count). The van der Waals surface area contributed by atoms with Gasteiger partial charge in [0, 0.05) is 30.7 Å². The fraction of sp³-hybridized carbons (Fsp3) is 0.833. The number of nitrogens with zero attached hydrogens (tertiary/aromatic N) is 1. The van der Waals surface area contributed by atoms with Crippen molar-refractivity contribution in [2.24, 2.45) is 11.3 Å². The van der Waals surface area contributed by atoms with Crippen molar-refractivity contribution in [3.63, 3.8) is 0 Å². The molecule has 3 aliphatic carbocycles. The second-order valence-corrected chi connectivity index (χ2v) is 8.36. The maximum Gasteiger partial charge on any atom is 0.142 e. The van der Waals surface area contributed by atoms with Gasteiger partial charge in [0.25, 0.3) is 0 Å². The van der Waals surface area contributed by atoms with Gasteiger partial charge in [0.2, 0.25) is 0 Å². The number of aliphatic hydroxyl groups excluding tert-OH is 1. The Kier molecular flexibility index (Phi) is 3.57. The molecule has 2 N–H and O–H groups in total. The van der Waals surface area contributed by atoms with Crippen LogP contribution >= 0.6 is 0 Å². The van der Waals surface area contributed by atoms with Gasteiger partial charge in [-0.2, -0.15) is 0 Å². The number of hydrogen-bond donors (Lipinski definition) is 2. The lowest BCUT2D eigenvalue weighted by Crippen LogP contribution is -2.50. The Labute approximate surface area is 132 Å². The fourth-order valence-corrected chi connectivity index (χ4v) is 4.37. The van der Waals surface area contributed by atoms with E-state index in [1.54, 1.807) is 0 Å². The number of rotatable bonds is 5. The van der Waals surface area contributed by atoms with Gasteiger partial charge in [0.05, 0.1) is 5.69 Å². The largest absolute Gasteiger partial charge is 0.396 e. The van der Waals surface area contributed by atoms with Gasteiger partial charge in [-0.15, -0.1) is 0 Å². The molecular weight excluding hydrogens is 276 g/mol. The third-order valence-corrected chi connectivity index (χ3v) is 6.51.